The monoisotopic (exact) mass is 487 g/mol. The maximum Gasteiger partial charge on any atom is 0.252 e. The van der Waals surface area contributed by atoms with Crippen molar-refractivity contribution in [2.75, 3.05) is 13.2 Å². The number of benzene rings is 2. The molecule has 2 aromatic rings. The Hall–Kier alpha value is -2.36. The Bertz CT molecular complexity index is 980. The van der Waals surface area contributed by atoms with Crippen molar-refractivity contribution in [2.45, 2.75) is 75.8 Å². The van der Waals surface area contributed by atoms with Crippen LogP contribution in [0.4, 0.5) is 4.39 Å². The molecule has 7 nitrogen and oxygen atoms in total. The summed E-state index contributed by atoms with van der Waals surface area (Å²) in [6.45, 7) is 3.28. The van der Waals surface area contributed by atoms with Crippen molar-refractivity contribution in [3.05, 3.63) is 71.0 Å². The molecule has 35 heavy (non-hydrogen) atoms. The molecular weight excluding hydrogens is 453 g/mol. The zero-order valence-corrected chi connectivity index (χ0v) is 20.0. The average molecular weight is 488 g/mol. The lowest BCUT2D eigenvalue weighted by Gasteiger charge is -2.44. The van der Waals surface area contributed by atoms with Gasteiger partial charge in [-0.2, -0.15) is 0 Å². The molecule has 1 saturated heterocycles. The molecule has 1 aliphatic heterocycles. The molecule has 1 aliphatic carbocycles. The first-order valence-electron chi connectivity index (χ1n) is 12.2. The Morgan fingerprint density at radius 2 is 1.94 bits per heavy atom. The molecule has 5 atom stereocenters. The van der Waals surface area contributed by atoms with Crippen LogP contribution in [0, 0.1) is 12.7 Å². The molecule has 2 fully saturated rings. The lowest BCUT2D eigenvalue weighted by atomic mass is 9.78. The summed E-state index contributed by atoms with van der Waals surface area (Å²) < 4.78 is 31.0. The van der Waals surface area contributed by atoms with Crippen LogP contribution in [-0.4, -0.2) is 59.3 Å². The predicted molar refractivity (Wildman–Crippen MR) is 127 cm³/mol. The number of halogens is 1. The Morgan fingerprint density at radius 3 is 2.66 bits per heavy atom. The van der Waals surface area contributed by atoms with E-state index in [1.807, 2.05) is 31.2 Å². The second-order valence-electron chi connectivity index (χ2n) is 9.56. The molecule has 1 saturated carbocycles. The molecule has 0 aromatic heterocycles. The van der Waals surface area contributed by atoms with Crippen molar-refractivity contribution in [3.8, 4) is 0 Å². The summed E-state index contributed by atoms with van der Waals surface area (Å²) in [4.78, 5) is 13.5. The highest BCUT2D eigenvalue weighted by molar-refractivity contribution is 5.85. The summed E-state index contributed by atoms with van der Waals surface area (Å²) in [5.74, 6) is -0.713. The molecule has 190 valence electrons. The quantitative estimate of drug-likeness (QED) is 0.503. The van der Waals surface area contributed by atoms with Gasteiger partial charge in [0.1, 0.15) is 11.9 Å². The first-order chi connectivity index (χ1) is 16.8. The number of amides is 1. The number of aliphatic hydroxyl groups is 2. The minimum atomic E-state index is -1.39. The fourth-order valence-corrected chi connectivity index (χ4v) is 4.74. The van der Waals surface area contributed by atoms with Crippen molar-refractivity contribution in [3.63, 3.8) is 0 Å². The van der Waals surface area contributed by atoms with Gasteiger partial charge in [-0.15, -0.1) is 0 Å². The van der Waals surface area contributed by atoms with Gasteiger partial charge in [0, 0.05) is 26.0 Å². The highest BCUT2D eigenvalue weighted by atomic mass is 19.1. The molecular formula is C27H34FNO6. The van der Waals surface area contributed by atoms with Crippen molar-refractivity contribution < 1.29 is 33.6 Å². The van der Waals surface area contributed by atoms with Gasteiger partial charge in [0.05, 0.1) is 31.5 Å². The number of hydrogen-bond donors (Lipinski definition) is 3. The number of nitrogens with one attached hydrogen (secondary N) is 1. The van der Waals surface area contributed by atoms with Crippen LogP contribution in [0.2, 0.25) is 0 Å². The van der Waals surface area contributed by atoms with E-state index in [0.717, 1.165) is 24.0 Å². The number of aliphatic hydroxyl groups excluding tert-OH is 2. The van der Waals surface area contributed by atoms with Crippen LogP contribution in [0.5, 0.6) is 0 Å². The maximum atomic E-state index is 13.5. The van der Waals surface area contributed by atoms with Gasteiger partial charge in [-0.05, 0) is 43.0 Å². The third-order valence-electron chi connectivity index (χ3n) is 6.75. The second kappa shape index (κ2) is 11.6. The first-order valence-corrected chi connectivity index (χ1v) is 12.2. The lowest BCUT2D eigenvalue weighted by Crippen LogP contribution is -2.61. The molecule has 2 unspecified atom stereocenters. The maximum absolute atomic E-state index is 13.5. The lowest BCUT2D eigenvalue weighted by molar-refractivity contribution is -0.200. The molecule has 3 N–H and O–H groups in total. The first kappa shape index (κ1) is 25.7. The third-order valence-corrected chi connectivity index (χ3v) is 6.75. The van der Waals surface area contributed by atoms with Gasteiger partial charge in [0.2, 0.25) is 0 Å². The number of rotatable bonds is 9. The van der Waals surface area contributed by atoms with Gasteiger partial charge in [-0.25, -0.2) is 4.39 Å². The summed E-state index contributed by atoms with van der Waals surface area (Å²) in [6, 6.07) is 13.7. The van der Waals surface area contributed by atoms with Crippen molar-refractivity contribution in [1.29, 1.82) is 0 Å². The van der Waals surface area contributed by atoms with E-state index in [4.69, 9.17) is 14.2 Å². The Morgan fingerprint density at radius 1 is 1.14 bits per heavy atom. The van der Waals surface area contributed by atoms with E-state index in [2.05, 4.69) is 5.32 Å². The van der Waals surface area contributed by atoms with Crippen LogP contribution in [0.25, 0.3) is 0 Å². The SMILES string of the molecule is Cc1cccc(CO[C@]2(C(=O)NCC3CCCO3)CC(OCc3ccc(F)cc3)[C@H](O)[C@H](O)C2)c1. The zero-order valence-electron chi connectivity index (χ0n) is 20.0. The number of hydrogen-bond acceptors (Lipinski definition) is 6. The number of carbonyl (C=O) groups excluding carboxylic acids is 1. The second-order valence-corrected chi connectivity index (χ2v) is 9.56. The molecule has 0 spiro atoms. The summed E-state index contributed by atoms with van der Waals surface area (Å²) in [7, 11) is 0. The molecule has 2 aromatic carbocycles. The van der Waals surface area contributed by atoms with E-state index in [-0.39, 0.29) is 43.9 Å². The van der Waals surface area contributed by atoms with Gasteiger partial charge in [0.25, 0.3) is 5.91 Å². The van der Waals surface area contributed by atoms with Crippen LogP contribution >= 0.6 is 0 Å². The molecule has 0 bridgehead atoms. The molecule has 1 heterocycles. The minimum Gasteiger partial charge on any atom is -0.390 e. The van der Waals surface area contributed by atoms with E-state index in [0.29, 0.717) is 18.7 Å². The molecule has 4 rings (SSSR count). The summed E-state index contributed by atoms with van der Waals surface area (Å²) in [6.07, 6.45) is -1.46. The van der Waals surface area contributed by atoms with Crippen molar-refractivity contribution in [1.82, 2.24) is 5.32 Å². The van der Waals surface area contributed by atoms with E-state index in [1.165, 1.54) is 12.1 Å². The highest BCUT2D eigenvalue weighted by Gasteiger charge is 2.51. The fraction of sp³-hybridized carbons (Fsp3) is 0.519. The summed E-state index contributed by atoms with van der Waals surface area (Å²) in [5, 5.41) is 24.3. The van der Waals surface area contributed by atoms with Crippen molar-refractivity contribution >= 4 is 5.91 Å². The zero-order chi connectivity index (χ0) is 24.8. The minimum absolute atomic E-state index is 0.0441. The van der Waals surface area contributed by atoms with Crippen molar-refractivity contribution in [2.24, 2.45) is 0 Å². The van der Waals surface area contributed by atoms with E-state index in [1.54, 1.807) is 12.1 Å². The molecule has 2 aliphatic rings. The Labute approximate surface area is 205 Å². The Balaban J connectivity index is 1.50. The highest BCUT2D eigenvalue weighted by Crippen LogP contribution is 2.36. The van der Waals surface area contributed by atoms with E-state index >= 15 is 0 Å². The Kier molecular flexibility index (Phi) is 8.51. The third kappa shape index (κ3) is 6.65. The molecule has 0 radical (unpaired) electrons. The van der Waals surface area contributed by atoms with Crippen LogP contribution in [0.15, 0.2) is 48.5 Å². The smallest absolute Gasteiger partial charge is 0.252 e. The van der Waals surface area contributed by atoms with Gasteiger partial charge in [-0.1, -0.05) is 42.0 Å². The normalized spacial score (nSPS) is 28.7. The van der Waals surface area contributed by atoms with Crippen LogP contribution in [-0.2, 0) is 32.2 Å². The summed E-state index contributed by atoms with van der Waals surface area (Å²) >= 11 is 0. The van der Waals surface area contributed by atoms with Crippen LogP contribution in [0.3, 0.4) is 0 Å². The average Bonchev–Trinajstić information content (AvgIpc) is 3.37. The van der Waals surface area contributed by atoms with Crippen LogP contribution in [0.1, 0.15) is 42.4 Å². The summed E-state index contributed by atoms with van der Waals surface area (Å²) in [5.41, 5.74) is 1.30. The number of carbonyl (C=O) groups is 1. The topological polar surface area (TPSA) is 97.3 Å². The molecule has 1 amide bonds. The van der Waals surface area contributed by atoms with Gasteiger partial charge in [-0.3, -0.25) is 4.79 Å². The largest absolute Gasteiger partial charge is 0.390 e. The van der Waals surface area contributed by atoms with Gasteiger partial charge in [0.15, 0.2) is 5.60 Å². The van der Waals surface area contributed by atoms with E-state index < -0.39 is 23.9 Å². The predicted octanol–water partition coefficient (Wildman–Crippen LogP) is 2.79. The fourth-order valence-electron chi connectivity index (χ4n) is 4.74. The van der Waals surface area contributed by atoms with Gasteiger partial charge >= 0.3 is 0 Å². The molecule has 8 heteroatoms. The number of aryl methyl sites for hydroxylation is 1. The van der Waals surface area contributed by atoms with E-state index in [9.17, 15) is 19.4 Å². The standard InChI is InChI=1S/C27H34FNO6/c1-18-4-2-5-20(12-18)17-35-27(26(32)29-15-22-6-3-11-33-22)13-23(30)25(31)24(14-27)34-16-19-7-9-21(28)10-8-19/h2,4-5,7-10,12,22-25,30-31H,3,6,11,13-17H2,1H3,(H,29,32)/t22?,23-,24?,25-,27+/m1/s1. The van der Waals surface area contributed by atoms with Gasteiger partial charge < -0.3 is 29.7 Å². The van der Waals surface area contributed by atoms with Crippen LogP contribution < -0.4 is 5.32 Å². The number of ether oxygens (including phenoxy) is 3.